The molecule has 0 bridgehead atoms. The molecule has 0 unspecified atom stereocenters. The topological polar surface area (TPSA) is 29.0 Å². The molecule has 13 heavy (non-hydrogen) atoms. The number of hydrogen-bond donors (Lipinski definition) is 0. The van der Waals surface area contributed by atoms with Crippen LogP contribution in [0.1, 0.15) is 5.69 Å². The highest BCUT2D eigenvalue weighted by Gasteiger charge is 2.32. The Hall–Kier alpha value is -1.33. The molecule has 3 nitrogen and oxygen atoms in total. The Morgan fingerprint density at radius 1 is 1.15 bits per heavy atom. The number of nitrogens with zero attached hydrogens (tertiary/aromatic N) is 3. The monoisotopic (exact) mass is 191 g/mol. The highest BCUT2D eigenvalue weighted by Crippen LogP contribution is 2.27. The third-order valence-corrected chi connectivity index (χ3v) is 1.40. The summed E-state index contributed by atoms with van der Waals surface area (Å²) in [7, 11) is 3.36. The van der Waals surface area contributed by atoms with E-state index in [-0.39, 0.29) is 0 Å². The van der Waals surface area contributed by atoms with Crippen LogP contribution in [-0.2, 0) is 6.18 Å². The van der Waals surface area contributed by atoms with Crippen LogP contribution in [0.4, 0.5) is 19.0 Å². The predicted octanol–water partition coefficient (Wildman–Crippen LogP) is 1.56. The number of halogens is 3. The molecule has 0 atom stereocenters. The van der Waals surface area contributed by atoms with E-state index in [1.54, 1.807) is 19.0 Å². The van der Waals surface area contributed by atoms with E-state index < -0.39 is 11.9 Å². The van der Waals surface area contributed by atoms with Crippen molar-refractivity contribution in [3.8, 4) is 0 Å². The molecule has 0 aliphatic rings. The Bertz CT molecular complexity index is 278. The molecule has 0 fully saturated rings. The lowest BCUT2D eigenvalue weighted by Gasteiger charge is -2.10. The van der Waals surface area contributed by atoms with Crippen molar-refractivity contribution >= 4 is 5.82 Å². The quantitative estimate of drug-likeness (QED) is 0.674. The molecule has 0 saturated heterocycles. The van der Waals surface area contributed by atoms with Crippen LogP contribution in [-0.4, -0.2) is 24.3 Å². The van der Waals surface area contributed by atoms with Gasteiger partial charge in [-0.25, -0.2) is 0 Å². The molecule has 0 N–H and O–H groups in total. The van der Waals surface area contributed by atoms with Gasteiger partial charge in [0.05, 0.1) is 0 Å². The van der Waals surface area contributed by atoms with E-state index in [0.717, 1.165) is 6.07 Å². The summed E-state index contributed by atoms with van der Waals surface area (Å²) >= 11 is 0. The molecule has 0 saturated carbocycles. The van der Waals surface area contributed by atoms with Crippen molar-refractivity contribution in [3.05, 3.63) is 17.8 Å². The highest BCUT2D eigenvalue weighted by atomic mass is 19.4. The SMILES string of the molecule is CN(C)c1ccc(C(F)(F)F)nn1. The molecule has 1 rings (SSSR count). The summed E-state index contributed by atoms with van der Waals surface area (Å²) < 4.78 is 36.0. The van der Waals surface area contributed by atoms with Gasteiger partial charge >= 0.3 is 6.18 Å². The summed E-state index contributed by atoms with van der Waals surface area (Å²) in [5.41, 5.74) is -0.974. The maximum Gasteiger partial charge on any atom is 0.435 e. The molecule has 0 spiro atoms. The third kappa shape index (κ3) is 2.30. The highest BCUT2D eigenvalue weighted by molar-refractivity contribution is 5.34. The van der Waals surface area contributed by atoms with Crippen molar-refractivity contribution < 1.29 is 13.2 Å². The van der Waals surface area contributed by atoms with Gasteiger partial charge in [-0.15, -0.1) is 10.2 Å². The van der Waals surface area contributed by atoms with Crippen LogP contribution in [0.5, 0.6) is 0 Å². The van der Waals surface area contributed by atoms with E-state index in [1.165, 1.54) is 6.07 Å². The zero-order chi connectivity index (χ0) is 10.1. The van der Waals surface area contributed by atoms with E-state index in [0.29, 0.717) is 5.82 Å². The Balaban J connectivity index is 2.94. The van der Waals surface area contributed by atoms with Crippen molar-refractivity contribution in [2.24, 2.45) is 0 Å². The lowest BCUT2D eigenvalue weighted by molar-refractivity contribution is -0.141. The lowest BCUT2D eigenvalue weighted by atomic mass is 10.4. The van der Waals surface area contributed by atoms with Gasteiger partial charge < -0.3 is 4.90 Å². The van der Waals surface area contributed by atoms with Crippen LogP contribution in [0.25, 0.3) is 0 Å². The van der Waals surface area contributed by atoms with Gasteiger partial charge in [0.15, 0.2) is 11.5 Å². The van der Waals surface area contributed by atoms with Crippen LogP contribution in [0.2, 0.25) is 0 Å². The molecule has 6 heteroatoms. The molecule has 0 aliphatic carbocycles. The zero-order valence-electron chi connectivity index (χ0n) is 7.13. The summed E-state index contributed by atoms with van der Waals surface area (Å²) in [6.45, 7) is 0. The minimum atomic E-state index is -4.42. The first-order chi connectivity index (χ1) is 5.91. The van der Waals surface area contributed by atoms with Crippen LogP contribution in [0, 0.1) is 0 Å². The summed E-state index contributed by atoms with van der Waals surface area (Å²) in [5.74, 6) is 0.396. The molecule has 0 aromatic carbocycles. The van der Waals surface area contributed by atoms with Crippen molar-refractivity contribution in [2.75, 3.05) is 19.0 Å². The van der Waals surface area contributed by atoms with Gasteiger partial charge in [0.25, 0.3) is 0 Å². The molecule has 1 aromatic rings. The van der Waals surface area contributed by atoms with Gasteiger partial charge in [0, 0.05) is 14.1 Å². The fourth-order valence-corrected chi connectivity index (χ4v) is 0.715. The standard InChI is InChI=1S/C7H8F3N3/c1-13(2)6-4-3-5(11-12-6)7(8,9)10/h3-4H,1-2H3. The van der Waals surface area contributed by atoms with Crippen LogP contribution in [0.3, 0.4) is 0 Å². The number of anilines is 1. The van der Waals surface area contributed by atoms with Gasteiger partial charge in [-0.3, -0.25) is 0 Å². The molecule has 0 aliphatic heterocycles. The summed E-state index contributed by atoms with van der Waals surface area (Å²) in [4.78, 5) is 1.58. The maximum atomic E-state index is 12.0. The Morgan fingerprint density at radius 3 is 2.08 bits per heavy atom. The first kappa shape index (κ1) is 9.76. The molecular formula is C7H8F3N3. The predicted molar refractivity (Wildman–Crippen MR) is 41.4 cm³/mol. The molecule has 0 amide bonds. The second kappa shape index (κ2) is 3.20. The van der Waals surface area contributed by atoms with Gasteiger partial charge in [-0.05, 0) is 12.1 Å². The Labute approximate surface area is 73.2 Å². The van der Waals surface area contributed by atoms with Crippen molar-refractivity contribution in [3.63, 3.8) is 0 Å². The fraction of sp³-hybridized carbons (Fsp3) is 0.429. The average molecular weight is 191 g/mol. The fourth-order valence-electron chi connectivity index (χ4n) is 0.715. The van der Waals surface area contributed by atoms with Gasteiger partial charge in [0.2, 0.25) is 0 Å². The second-order valence-corrected chi connectivity index (χ2v) is 2.67. The largest absolute Gasteiger partial charge is 0.435 e. The number of hydrogen-bond acceptors (Lipinski definition) is 3. The average Bonchev–Trinajstić information content (AvgIpc) is 2.03. The summed E-state index contributed by atoms with van der Waals surface area (Å²) in [5, 5.41) is 6.46. The maximum absolute atomic E-state index is 12.0. The number of aromatic nitrogens is 2. The van der Waals surface area contributed by atoms with Crippen molar-refractivity contribution in [1.29, 1.82) is 0 Å². The Morgan fingerprint density at radius 2 is 1.77 bits per heavy atom. The molecular weight excluding hydrogens is 183 g/mol. The third-order valence-electron chi connectivity index (χ3n) is 1.40. The summed E-state index contributed by atoms with van der Waals surface area (Å²) in [6, 6.07) is 2.18. The number of rotatable bonds is 1. The number of alkyl halides is 3. The second-order valence-electron chi connectivity index (χ2n) is 2.67. The minimum Gasteiger partial charge on any atom is -0.361 e. The minimum absolute atomic E-state index is 0.396. The van der Waals surface area contributed by atoms with E-state index in [4.69, 9.17) is 0 Å². The smallest absolute Gasteiger partial charge is 0.361 e. The summed E-state index contributed by atoms with van der Waals surface area (Å²) in [6.07, 6.45) is -4.42. The van der Waals surface area contributed by atoms with Gasteiger partial charge in [-0.2, -0.15) is 13.2 Å². The van der Waals surface area contributed by atoms with Crippen molar-refractivity contribution in [2.45, 2.75) is 6.18 Å². The molecule has 1 aromatic heterocycles. The van der Waals surface area contributed by atoms with Crippen LogP contribution in [0.15, 0.2) is 12.1 Å². The van der Waals surface area contributed by atoms with Gasteiger partial charge in [-0.1, -0.05) is 0 Å². The molecule has 72 valence electrons. The van der Waals surface area contributed by atoms with E-state index in [2.05, 4.69) is 10.2 Å². The molecule has 1 heterocycles. The van der Waals surface area contributed by atoms with E-state index in [1.807, 2.05) is 0 Å². The van der Waals surface area contributed by atoms with E-state index >= 15 is 0 Å². The van der Waals surface area contributed by atoms with Gasteiger partial charge in [0.1, 0.15) is 0 Å². The zero-order valence-corrected chi connectivity index (χ0v) is 7.13. The molecule has 0 radical (unpaired) electrons. The Kier molecular flexibility index (Phi) is 2.40. The van der Waals surface area contributed by atoms with E-state index in [9.17, 15) is 13.2 Å². The normalized spacial score (nSPS) is 11.5. The van der Waals surface area contributed by atoms with Crippen LogP contribution < -0.4 is 4.90 Å². The lowest BCUT2D eigenvalue weighted by Crippen LogP contribution is -2.14. The first-order valence-corrected chi connectivity index (χ1v) is 3.49. The van der Waals surface area contributed by atoms with Crippen LogP contribution >= 0.6 is 0 Å². The first-order valence-electron chi connectivity index (χ1n) is 3.49. The van der Waals surface area contributed by atoms with Crippen molar-refractivity contribution in [1.82, 2.24) is 10.2 Å².